The lowest BCUT2D eigenvalue weighted by atomic mass is 10.1. The fraction of sp³-hybridized carbons (Fsp3) is 0.429. The molecule has 0 saturated carbocycles. The quantitative estimate of drug-likeness (QED) is 0.541. The van der Waals surface area contributed by atoms with Crippen molar-refractivity contribution in [1.29, 1.82) is 0 Å². The molecule has 0 unspecified atom stereocenters. The van der Waals surface area contributed by atoms with Gasteiger partial charge in [-0.25, -0.2) is 5.01 Å². The lowest BCUT2D eigenvalue weighted by Gasteiger charge is -2.16. The Balaban J connectivity index is 1.44. The van der Waals surface area contributed by atoms with E-state index in [4.69, 9.17) is 4.84 Å². The van der Waals surface area contributed by atoms with E-state index in [1.165, 1.54) is 37.3 Å². The van der Waals surface area contributed by atoms with Gasteiger partial charge in [0.05, 0.1) is 12.3 Å². The summed E-state index contributed by atoms with van der Waals surface area (Å²) in [5.41, 5.74) is 2.07. The standard InChI is InChI=1S/C21H28N6O2/c1-2-3-4-5-6-7-15-29-27-17-26(24-25-27)20-10-8-9-19(16-20)23-21(28)18-11-13-22-14-12-18/h8-14,16H,2-7,15,17H2,1H3,(H,23,28). The van der Waals surface area contributed by atoms with E-state index in [1.54, 1.807) is 29.5 Å². The van der Waals surface area contributed by atoms with Crippen molar-refractivity contribution in [3.05, 3.63) is 54.4 Å². The zero-order chi connectivity index (χ0) is 20.3. The Bertz CT molecular complexity index is 799. The fourth-order valence-electron chi connectivity index (χ4n) is 2.97. The van der Waals surface area contributed by atoms with Crippen molar-refractivity contribution in [3.63, 3.8) is 0 Å². The Labute approximate surface area is 171 Å². The predicted octanol–water partition coefficient (Wildman–Crippen LogP) is 4.99. The number of pyridine rings is 1. The SMILES string of the molecule is CCCCCCCCON1CN(c2cccc(NC(=O)c3ccncc3)c2)N=N1. The summed E-state index contributed by atoms with van der Waals surface area (Å²) in [5, 5.41) is 14.3. The number of unbranched alkanes of at least 4 members (excludes halogenated alkanes) is 5. The van der Waals surface area contributed by atoms with Crippen LogP contribution in [0, 0.1) is 0 Å². The van der Waals surface area contributed by atoms with Gasteiger partial charge in [-0.1, -0.05) is 45.1 Å². The summed E-state index contributed by atoms with van der Waals surface area (Å²) in [7, 11) is 0. The predicted molar refractivity (Wildman–Crippen MR) is 112 cm³/mol. The highest BCUT2D eigenvalue weighted by Gasteiger charge is 2.18. The molecule has 8 nitrogen and oxygen atoms in total. The second-order valence-electron chi connectivity index (χ2n) is 6.91. The summed E-state index contributed by atoms with van der Waals surface area (Å²) >= 11 is 0. The van der Waals surface area contributed by atoms with Crippen molar-refractivity contribution in [2.45, 2.75) is 45.4 Å². The molecule has 0 aliphatic carbocycles. The highest BCUT2D eigenvalue weighted by atomic mass is 16.7. The molecule has 0 radical (unpaired) electrons. The average molecular weight is 396 g/mol. The first kappa shape index (κ1) is 20.7. The normalized spacial score (nSPS) is 13.1. The van der Waals surface area contributed by atoms with Crippen molar-refractivity contribution >= 4 is 17.3 Å². The Morgan fingerprint density at radius 2 is 1.86 bits per heavy atom. The number of benzene rings is 1. The van der Waals surface area contributed by atoms with E-state index in [2.05, 4.69) is 27.7 Å². The van der Waals surface area contributed by atoms with Crippen LogP contribution in [-0.2, 0) is 4.84 Å². The maximum absolute atomic E-state index is 12.3. The molecular weight excluding hydrogens is 368 g/mol. The molecule has 0 atom stereocenters. The number of anilines is 2. The monoisotopic (exact) mass is 396 g/mol. The van der Waals surface area contributed by atoms with Crippen molar-refractivity contribution < 1.29 is 9.63 Å². The molecule has 1 aromatic carbocycles. The summed E-state index contributed by atoms with van der Waals surface area (Å²) < 4.78 is 0. The molecule has 0 saturated heterocycles. The summed E-state index contributed by atoms with van der Waals surface area (Å²) in [6, 6.07) is 10.8. The van der Waals surface area contributed by atoms with E-state index >= 15 is 0 Å². The van der Waals surface area contributed by atoms with Crippen LogP contribution in [0.2, 0.25) is 0 Å². The molecule has 29 heavy (non-hydrogen) atoms. The molecule has 1 aliphatic rings. The van der Waals surface area contributed by atoms with E-state index in [9.17, 15) is 4.79 Å². The third-order valence-electron chi connectivity index (χ3n) is 4.59. The van der Waals surface area contributed by atoms with Gasteiger partial charge in [0.25, 0.3) is 5.91 Å². The van der Waals surface area contributed by atoms with Crippen molar-refractivity contribution in [3.8, 4) is 0 Å². The van der Waals surface area contributed by atoms with Gasteiger partial charge in [0.15, 0.2) is 6.67 Å². The first-order valence-electron chi connectivity index (χ1n) is 10.2. The number of hydroxylamine groups is 1. The third kappa shape index (κ3) is 6.53. The van der Waals surface area contributed by atoms with Gasteiger partial charge in [-0.05, 0) is 47.2 Å². The molecule has 0 fully saturated rings. The molecule has 8 heteroatoms. The Morgan fingerprint density at radius 1 is 1.07 bits per heavy atom. The zero-order valence-corrected chi connectivity index (χ0v) is 16.8. The molecule has 2 heterocycles. The van der Waals surface area contributed by atoms with Gasteiger partial charge in [0.2, 0.25) is 0 Å². The largest absolute Gasteiger partial charge is 0.322 e. The summed E-state index contributed by atoms with van der Waals surface area (Å²) in [5.74, 6) is -0.184. The lowest BCUT2D eigenvalue weighted by molar-refractivity contribution is -0.153. The van der Waals surface area contributed by atoms with Gasteiger partial charge in [0.1, 0.15) is 0 Å². The van der Waals surface area contributed by atoms with E-state index < -0.39 is 0 Å². The van der Waals surface area contributed by atoms with Crippen molar-refractivity contribution in [2.24, 2.45) is 10.4 Å². The first-order valence-corrected chi connectivity index (χ1v) is 10.2. The van der Waals surface area contributed by atoms with Gasteiger partial charge in [-0.3, -0.25) is 14.6 Å². The average Bonchev–Trinajstić information content (AvgIpc) is 3.23. The number of hydrogen-bond acceptors (Lipinski definition) is 7. The number of carbonyl (C=O) groups is 1. The minimum atomic E-state index is -0.184. The number of hydrogen-bond donors (Lipinski definition) is 1. The number of amides is 1. The van der Waals surface area contributed by atoms with Crippen LogP contribution in [0.1, 0.15) is 55.8 Å². The molecule has 1 amide bonds. The molecule has 1 aliphatic heterocycles. The van der Waals surface area contributed by atoms with Crippen LogP contribution in [0.4, 0.5) is 11.4 Å². The minimum absolute atomic E-state index is 0.184. The van der Waals surface area contributed by atoms with Crippen LogP contribution in [0.3, 0.4) is 0 Å². The number of aromatic nitrogens is 1. The summed E-state index contributed by atoms with van der Waals surface area (Å²) in [4.78, 5) is 21.9. The highest BCUT2D eigenvalue weighted by Crippen LogP contribution is 2.23. The van der Waals surface area contributed by atoms with E-state index in [-0.39, 0.29) is 5.91 Å². The zero-order valence-electron chi connectivity index (χ0n) is 16.8. The molecule has 0 bridgehead atoms. The topological polar surface area (TPSA) is 82.4 Å². The van der Waals surface area contributed by atoms with Crippen LogP contribution in [0.25, 0.3) is 0 Å². The Kier molecular flexibility index (Phi) is 7.94. The molecule has 154 valence electrons. The molecule has 0 spiro atoms. The maximum Gasteiger partial charge on any atom is 0.255 e. The van der Waals surface area contributed by atoms with Gasteiger partial charge < -0.3 is 5.32 Å². The van der Waals surface area contributed by atoms with Crippen LogP contribution < -0.4 is 10.3 Å². The minimum Gasteiger partial charge on any atom is -0.322 e. The van der Waals surface area contributed by atoms with Crippen LogP contribution >= 0.6 is 0 Å². The number of nitrogens with zero attached hydrogens (tertiary/aromatic N) is 5. The van der Waals surface area contributed by atoms with Crippen LogP contribution in [-0.4, -0.2) is 29.3 Å². The van der Waals surface area contributed by atoms with E-state index in [0.29, 0.717) is 24.5 Å². The van der Waals surface area contributed by atoms with Gasteiger partial charge >= 0.3 is 0 Å². The summed E-state index contributed by atoms with van der Waals surface area (Å²) in [6.07, 6.45) is 10.5. The third-order valence-corrected chi connectivity index (χ3v) is 4.59. The van der Waals surface area contributed by atoms with Crippen LogP contribution in [0.15, 0.2) is 59.2 Å². The van der Waals surface area contributed by atoms with Gasteiger partial charge in [0, 0.05) is 23.6 Å². The summed E-state index contributed by atoms with van der Waals surface area (Å²) in [6.45, 7) is 3.27. The maximum atomic E-state index is 12.3. The first-order chi connectivity index (χ1) is 14.3. The number of nitrogens with one attached hydrogen (secondary N) is 1. The molecule has 3 rings (SSSR count). The second kappa shape index (κ2) is 11.1. The van der Waals surface area contributed by atoms with E-state index in [0.717, 1.165) is 12.1 Å². The van der Waals surface area contributed by atoms with Crippen molar-refractivity contribution in [1.82, 2.24) is 10.2 Å². The second-order valence-corrected chi connectivity index (χ2v) is 6.91. The lowest BCUT2D eigenvalue weighted by Crippen LogP contribution is -2.25. The highest BCUT2D eigenvalue weighted by molar-refractivity contribution is 6.04. The number of carbonyl (C=O) groups excluding carboxylic acids is 1. The molecular formula is C21H28N6O2. The Morgan fingerprint density at radius 3 is 2.69 bits per heavy atom. The van der Waals surface area contributed by atoms with E-state index in [1.807, 2.05) is 24.3 Å². The molecule has 2 aromatic rings. The van der Waals surface area contributed by atoms with Crippen LogP contribution in [0.5, 0.6) is 0 Å². The fourth-order valence-corrected chi connectivity index (χ4v) is 2.97. The molecule has 1 aromatic heterocycles. The smallest absolute Gasteiger partial charge is 0.255 e. The van der Waals surface area contributed by atoms with Gasteiger partial charge in [-0.2, -0.15) is 0 Å². The van der Waals surface area contributed by atoms with Crippen molar-refractivity contribution in [2.75, 3.05) is 23.6 Å². The Hall–Kier alpha value is -3.00. The van der Waals surface area contributed by atoms with Gasteiger partial charge in [-0.15, -0.1) is 5.17 Å². The number of rotatable bonds is 11. The molecule has 1 N–H and O–H groups in total.